The number of aromatic nitrogens is 1. The zero-order chi connectivity index (χ0) is 12.5. The molecule has 0 spiro atoms. The first-order chi connectivity index (χ1) is 8.22. The summed E-state index contributed by atoms with van der Waals surface area (Å²) >= 11 is 0. The van der Waals surface area contributed by atoms with Crippen LogP contribution in [0.15, 0.2) is 24.4 Å². The molecule has 0 fully saturated rings. The van der Waals surface area contributed by atoms with Crippen molar-refractivity contribution in [2.45, 2.75) is 19.9 Å². The maximum Gasteiger partial charge on any atom is 0.313 e. The van der Waals surface area contributed by atoms with E-state index in [1.165, 1.54) is 0 Å². The largest absolute Gasteiger partial charge is 0.466 e. The lowest BCUT2D eigenvalue weighted by Crippen LogP contribution is -2.25. The highest BCUT2D eigenvalue weighted by Gasteiger charge is 2.09. The Morgan fingerprint density at radius 1 is 1.41 bits per heavy atom. The van der Waals surface area contributed by atoms with Gasteiger partial charge in [-0.25, -0.2) is 0 Å². The first-order valence-electron chi connectivity index (χ1n) is 5.50. The molecule has 0 bridgehead atoms. The Morgan fingerprint density at radius 2 is 2.24 bits per heavy atom. The molecular weight excluding hydrogens is 220 g/mol. The summed E-state index contributed by atoms with van der Waals surface area (Å²) < 4.78 is 4.68. The fourth-order valence-corrected chi connectivity index (χ4v) is 1.27. The van der Waals surface area contributed by atoms with E-state index in [1.807, 2.05) is 18.2 Å². The molecule has 1 rings (SSSR count). The van der Waals surface area contributed by atoms with Gasteiger partial charge in [0.15, 0.2) is 5.78 Å². The van der Waals surface area contributed by atoms with Crippen LogP contribution < -0.4 is 5.32 Å². The van der Waals surface area contributed by atoms with Crippen molar-refractivity contribution in [3.63, 3.8) is 0 Å². The molecule has 1 heterocycles. The number of rotatable bonds is 7. The maximum absolute atomic E-state index is 11.3. The Morgan fingerprint density at radius 3 is 2.88 bits per heavy atom. The van der Waals surface area contributed by atoms with Crippen molar-refractivity contribution in [3.05, 3.63) is 30.1 Å². The Labute approximate surface area is 100 Å². The quantitative estimate of drug-likeness (QED) is 0.557. The van der Waals surface area contributed by atoms with Crippen molar-refractivity contribution in [2.24, 2.45) is 0 Å². The zero-order valence-electron chi connectivity index (χ0n) is 9.81. The van der Waals surface area contributed by atoms with Gasteiger partial charge in [0.25, 0.3) is 0 Å². The minimum absolute atomic E-state index is 0.148. The number of esters is 1. The Bertz CT molecular complexity index is 365. The molecule has 1 aromatic heterocycles. The summed E-state index contributed by atoms with van der Waals surface area (Å²) in [5, 5.41) is 2.93. The molecule has 5 heteroatoms. The Balaban J connectivity index is 2.18. The number of hydrogen-bond donors (Lipinski definition) is 1. The molecule has 0 saturated heterocycles. The number of carbonyl (C=O) groups excluding carboxylic acids is 2. The summed E-state index contributed by atoms with van der Waals surface area (Å²) in [4.78, 5) is 26.4. The number of ketones is 1. The third-order valence-electron chi connectivity index (χ3n) is 2.00. The van der Waals surface area contributed by atoms with E-state index in [9.17, 15) is 9.59 Å². The van der Waals surface area contributed by atoms with E-state index in [-0.39, 0.29) is 18.7 Å². The van der Waals surface area contributed by atoms with Gasteiger partial charge in [-0.05, 0) is 19.1 Å². The summed E-state index contributed by atoms with van der Waals surface area (Å²) in [6.07, 6.45) is 1.51. The molecular formula is C12H16N2O3. The fraction of sp³-hybridized carbons (Fsp3) is 0.417. The smallest absolute Gasteiger partial charge is 0.313 e. The topological polar surface area (TPSA) is 68.3 Å². The molecule has 17 heavy (non-hydrogen) atoms. The number of ether oxygens (including phenoxy) is 1. The van der Waals surface area contributed by atoms with Crippen molar-refractivity contribution >= 4 is 11.8 Å². The van der Waals surface area contributed by atoms with E-state index in [4.69, 9.17) is 0 Å². The van der Waals surface area contributed by atoms with E-state index >= 15 is 0 Å². The standard InChI is InChI=1S/C12H16N2O3/c1-2-17-12(16)7-11(15)9-13-8-10-5-3-4-6-14-10/h3-6,13H,2,7-9H2,1H3. The Kier molecular flexibility index (Phi) is 5.88. The monoisotopic (exact) mass is 236 g/mol. The average molecular weight is 236 g/mol. The number of nitrogens with zero attached hydrogens (tertiary/aromatic N) is 1. The van der Waals surface area contributed by atoms with E-state index < -0.39 is 5.97 Å². The predicted molar refractivity (Wildman–Crippen MR) is 62.2 cm³/mol. The summed E-state index contributed by atoms with van der Waals surface area (Å²) in [5.41, 5.74) is 0.858. The lowest BCUT2D eigenvalue weighted by atomic mass is 10.3. The predicted octanol–water partition coefficient (Wildman–Crippen LogP) is 0.693. The second kappa shape index (κ2) is 7.51. The molecule has 0 saturated carbocycles. The molecule has 0 atom stereocenters. The average Bonchev–Trinajstić information content (AvgIpc) is 2.30. The van der Waals surface area contributed by atoms with Crippen LogP contribution in [0.2, 0.25) is 0 Å². The van der Waals surface area contributed by atoms with Crippen LogP contribution in [0.5, 0.6) is 0 Å². The number of nitrogens with one attached hydrogen (secondary N) is 1. The van der Waals surface area contributed by atoms with Crippen LogP contribution in [0.25, 0.3) is 0 Å². The third-order valence-corrected chi connectivity index (χ3v) is 2.00. The SMILES string of the molecule is CCOC(=O)CC(=O)CNCc1ccccn1. The van der Waals surface area contributed by atoms with E-state index in [2.05, 4.69) is 15.0 Å². The van der Waals surface area contributed by atoms with Gasteiger partial charge < -0.3 is 10.1 Å². The van der Waals surface area contributed by atoms with E-state index in [1.54, 1.807) is 13.1 Å². The molecule has 0 aliphatic carbocycles. The highest BCUT2D eigenvalue weighted by atomic mass is 16.5. The minimum Gasteiger partial charge on any atom is -0.466 e. The van der Waals surface area contributed by atoms with Gasteiger partial charge in [0.2, 0.25) is 0 Å². The van der Waals surface area contributed by atoms with Gasteiger partial charge in [-0.15, -0.1) is 0 Å². The summed E-state index contributed by atoms with van der Waals surface area (Å²) in [7, 11) is 0. The van der Waals surface area contributed by atoms with Gasteiger partial charge in [-0.1, -0.05) is 6.07 Å². The van der Waals surface area contributed by atoms with Crippen molar-refractivity contribution in [1.82, 2.24) is 10.3 Å². The van der Waals surface area contributed by atoms with Gasteiger partial charge in [-0.2, -0.15) is 0 Å². The second-order valence-electron chi connectivity index (χ2n) is 3.45. The van der Waals surface area contributed by atoms with Crippen molar-refractivity contribution in [2.75, 3.05) is 13.2 Å². The third kappa shape index (κ3) is 5.77. The normalized spacial score (nSPS) is 9.94. The number of hydrogen-bond acceptors (Lipinski definition) is 5. The van der Waals surface area contributed by atoms with Crippen molar-refractivity contribution < 1.29 is 14.3 Å². The molecule has 0 radical (unpaired) electrons. The second-order valence-corrected chi connectivity index (χ2v) is 3.45. The highest BCUT2D eigenvalue weighted by molar-refractivity contribution is 5.96. The fourth-order valence-electron chi connectivity index (χ4n) is 1.27. The lowest BCUT2D eigenvalue weighted by molar-refractivity contribution is -0.145. The molecule has 5 nitrogen and oxygen atoms in total. The van der Waals surface area contributed by atoms with Gasteiger partial charge in [0, 0.05) is 12.7 Å². The van der Waals surface area contributed by atoms with Crippen molar-refractivity contribution in [1.29, 1.82) is 0 Å². The molecule has 1 aromatic rings. The van der Waals surface area contributed by atoms with Crippen LogP contribution in [0.1, 0.15) is 19.0 Å². The van der Waals surface area contributed by atoms with Crippen LogP contribution in [0, 0.1) is 0 Å². The number of Topliss-reactive ketones (excluding diaryl/α,β-unsaturated/α-hetero) is 1. The van der Waals surface area contributed by atoms with Crippen LogP contribution in [-0.2, 0) is 20.9 Å². The molecule has 1 N–H and O–H groups in total. The minimum atomic E-state index is -0.475. The molecule has 0 aromatic carbocycles. The van der Waals surface area contributed by atoms with Gasteiger partial charge in [0.1, 0.15) is 6.42 Å². The van der Waals surface area contributed by atoms with Crippen LogP contribution >= 0.6 is 0 Å². The lowest BCUT2D eigenvalue weighted by Gasteiger charge is -2.03. The van der Waals surface area contributed by atoms with Gasteiger partial charge in [0.05, 0.1) is 18.8 Å². The first-order valence-corrected chi connectivity index (χ1v) is 5.50. The van der Waals surface area contributed by atoms with Crippen LogP contribution in [0.3, 0.4) is 0 Å². The maximum atomic E-state index is 11.3. The Hall–Kier alpha value is -1.75. The van der Waals surface area contributed by atoms with Crippen molar-refractivity contribution in [3.8, 4) is 0 Å². The molecule has 92 valence electrons. The molecule has 0 amide bonds. The van der Waals surface area contributed by atoms with E-state index in [0.29, 0.717) is 13.2 Å². The molecule has 0 aliphatic heterocycles. The summed E-state index contributed by atoms with van der Waals surface area (Å²) in [6.45, 7) is 2.67. The first kappa shape index (κ1) is 13.3. The zero-order valence-corrected chi connectivity index (χ0v) is 9.81. The summed E-state index contributed by atoms with van der Waals surface area (Å²) in [6, 6.07) is 5.57. The van der Waals surface area contributed by atoms with Crippen LogP contribution in [0.4, 0.5) is 0 Å². The number of pyridine rings is 1. The van der Waals surface area contributed by atoms with Crippen LogP contribution in [-0.4, -0.2) is 29.9 Å². The van der Waals surface area contributed by atoms with Gasteiger partial charge in [-0.3, -0.25) is 14.6 Å². The van der Waals surface area contributed by atoms with E-state index in [0.717, 1.165) is 5.69 Å². The summed E-state index contributed by atoms with van der Waals surface area (Å²) in [5.74, 6) is -0.656. The highest BCUT2D eigenvalue weighted by Crippen LogP contribution is 1.92. The molecule has 0 unspecified atom stereocenters. The van der Waals surface area contributed by atoms with Gasteiger partial charge >= 0.3 is 5.97 Å². The molecule has 0 aliphatic rings. The number of carbonyl (C=O) groups is 2.